The molecule has 15 heavy (non-hydrogen) atoms. The van der Waals surface area contributed by atoms with E-state index in [-0.39, 0.29) is 17.9 Å². The first-order chi connectivity index (χ1) is 7.16. The highest BCUT2D eigenvalue weighted by Crippen LogP contribution is 2.27. The van der Waals surface area contributed by atoms with E-state index < -0.39 is 5.97 Å². The Kier molecular flexibility index (Phi) is 2.73. The Morgan fingerprint density at radius 2 is 2.20 bits per heavy atom. The van der Waals surface area contributed by atoms with Gasteiger partial charge in [-0.05, 0) is 24.3 Å². The van der Waals surface area contributed by atoms with Gasteiger partial charge in [0.1, 0.15) is 0 Å². The third-order valence-electron chi connectivity index (χ3n) is 2.57. The number of carbonyl (C=O) groups is 2. The molecule has 0 bridgehead atoms. The van der Waals surface area contributed by atoms with Gasteiger partial charge in [-0.3, -0.25) is 9.59 Å². The van der Waals surface area contributed by atoms with Crippen LogP contribution in [0.1, 0.15) is 22.5 Å². The largest absolute Gasteiger partial charge is 0.481 e. The molecule has 2 rings (SSSR count). The molecule has 1 saturated carbocycles. The molecular formula is C10H11NO3S. The lowest BCUT2D eigenvalue weighted by Gasteiger charge is -2.32. The number of hydrogen-bond donors (Lipinski definition) is 2. The Labute approximate surface area is 90.9 Å². The fourth-order valence-corrected chi connectivity index (χ4v) is 2.23. The molecule has 2 N–H and O–H groups in total. The molecule has 1 amide bonds. The van der Waals surface area contributed by atoms with E-state index in [1.54, 1.807) is 6.07 Å². The summed E-state index contributed by atoms with van der Waals surface area (Å²) in [5.74, 6) is -1.14. The molecule has 4 nitrogen and oxygen atoms in total. The van der Waals surface area contributed by atoms with E-state index in [1.165, 1.54) is 11.3 Å². The van der Waals surface area contributed by atoms with Crippen LogP contribution in [0, 0.1) is 5.92 Å². The average molecular weight is 225 g/mol. The molecule has 0 spiro atoms. The smallest absolute Gasteiger partial charge is 0.306 e. The predicted molar refractivity (Wildman–Crippen MR) is 55.9 cm³/mol. The first-order valence-corrected chi connectivity index (χ1v) is 5.62. The van der Waals surface area contributed by atoms with Gasteiger partial charge in [-0.15, -0.1) is 11.3 Å². The van der Waals surface area contributed by atoms with Crippen molar-refractivity contribution in [2.24, 2.45) is 5.92 Å². The lowest BCUT2D eigenvalue weighted by atomic mass is 9.80. The summed E-state index contributed by atoms with van der Waals surface area (Å²) in [5, 5.41) is 13.3. The number of aliphatic carboxylic acids is 1. The van der Waals surface area contributed by atoms with Gasteiger partial charge in [-0.25, -0.2) is 0 Å². The van der Waals surface area contributed by atoms with Crippen molar-refractivity contribution in [3.8, 4) is 0 Å². The zero-order valence-electron chi connectivity index (χ0n) is 7.97. The maximum atomic E-state index is 11.5. The maximum absolute atomic E-state index is 11.5. The van der Waals surface area contributed by atoms with E-state index in [0.29, 0.717) is 17.7 Å². The molecule has 0 saturated heterocycles. The third-order valence-corrected chi connectivity index (χ3v) is 3.44. The minimum Gasteiger partial charge on any atom is -0.481 e. The van der Waals surface area contributed by atoms with Crippen molar-refractivity contribution < 1.29 is 14.7 Å². The van der Waals surface area contributed by atoms with Crippen LogP contribution in [0.5, 0.6) is 0 Å². The van der Waals surface area contributed by atoms with Crippen molar-refractivity contribution in [2.75, 3.05) is 0 Å². The van der Waals surface area contributed by atoms with Crippen molar-refractivity contribution in [1.82, 2.24) is 5.32 Å². The van der Waals surface area contributed by atoms with Crippen LogP contribution in [0.15, 0.2) is 17.5 Å². The first-order valence-electron chi connectivity index (χ1n) is 4.74. The van der Waals surface area contributed by atoms with Crippen molar-refractivity contribution in [3.05, 3.63) is 22.4 Å². The van der Waals surface area contributed by atoms with Crippen molar-refractivity contribution >= 4 is 23.2 Å². The third kappa shape index (κ3) is 2.18. The molecule has 0 unspecified atom stereocenters. The monoisotopic (exact) mass is 225 g/mol. The molecule has 80 valence electrons. The summed E-state index contributed by atoms with van der Waals surface area (Å²) < 4.78 is 0. The molecular weight excluding hydrogens is 214 g/mol. The van der Waals surface area contributed by atoms with Crippen LogP contribution >= 0.6 is 11.3 Å². The average Bonchev–Trinajstić information content (AvgIpc) is 2.61. The summed E-state index contributed by atoms with van der Waals surface area (Å²) in [5.41, 5.74) is 0. The second-order valence-electron chi connectivity index (χ2n) is 3.65. The van der Waals surface area contributed by atoms with Gasteiger partial charge in [-0.1, -0.05) is 6.07 Å². The van der Waals surface area contributed by atoms with Gasteiger partial charge < -0.3 is 10.4 Å². The van der Waals surface area contributed by atoms with Crippen LogP contribution in [0.3, 0.4) is 0 Å². The van der Waals surface area contributed by atoms with Crippen LogP contribution in [0.4, 0.5) is 0 Å². The van der Waals surface area contributed by atoms with E-state index >= 15 is 0 Å². The van der Waals surface area contributed by atoms with Crippen LogP contribution in [-0.4, -0.2) is 23.0 Å². The molecule has 0 atom stereocenters. The second kappa shape index (κ2) is 4.02. The number of nitrogens with one attached hydrogen (secondary N) is 1. The predicted octanol–water partition coefficient (Wildman–Crippen LogP) is 1.34. The van der Waals surface area contributed by atoms with Crippen LogP contribution in [0.25, 0.3) is 0 Å². The number of amides is 1. The molecule has 0 aromatic carbocycles. The van der Waals surface area contributed by atoms with Gasteiger partial charge in [0, 0.05) is 6.04 Å². The topological polar surface area (TPSA) is 66.4 Å². The summed E-state index contributed by atoms with van der Waals surface area (Å²) in [6.45, 7) is 0. The van der Waals surface area contributed by atoms with E-state index in [2.05, 4.69) is 5.32 Å². The molecule has 0 radical (unpaired) electrons. The molecule has 1 aliphatic carbocycles. The van der Waals surface area contributed by atoms with Crippen LogP contribution in [-0.2, 0) is 4.79 Å². The van der Waals surface area contributed by atoms with E-state index in [4.69, 9.17) is 5.11 Å². The van der Waals surface area contributed by atoms with Crippen LogP contribution < -0.4 is 5.32 Å². The fourth-order valence-electron chi connectivity index (χ4n) is 1.60. The number of hydrogen-bond acceptors (Lipinski definition) is 3. The Hall–Kier alpha value is -1.36. The highest BCUT2D eigenvalue weighted by atomic mass is 32.1. The summed E-state index contributed by atoms with van der Waals surface area (Å²) in [4.78, 5) is 22.7. The molecule has 0 aliphatic heterocycles. The zero-order valence-corrected chi connectivity index (χ0v) is 8.79. The summed E-state index contributed by atoms with van der Waals surface area (Å²) in [6.07, 6.45) is 1.10. The highest BCUT2D eigenvalue weighted by Gasteiger charge is 2.35. The van der Waals surface area contributed by atoms with Crippen molar-refractivity contribution in [3.63, 3.8) is 0 Å². The SMILES string of the molecule is O=C(NC1CC(C(=O)O)C1)c1cccs1. The van der Waals surface area contributed by atoms with Gasteiger partial charge in [-0.2, -0.15) is 0 Å². The molecule has 1 heterocycles. The molecule has 1 aromatic rings. The summed E-state index contributed by atoms with van der Waals surface area (Å²) >= 11 is 1.39. The molecule has 1 aromatic heterocycles. The highest BCUT2D eigenvalue weighted by molar-refractivity contribution is 7.12. The van der Waals surface area contributed by atoms with Crippen molar-refractivity contribution in [2.45, 2.75) is 18.9 Å². The minimum atomic E-state index is -0.767. The quantitative estimate of drug-likeness (QED) is 0.815. The number of thiophene rings is 1. The number of carboxylic acid groups (broad SMARTS) is 1. The summed E-state index contributed by atoms with van der Waals surface area (Å²) in [6, 6.07) is 3.61. The maximum Gasteiger partial charge on any atom is 0.306 e. The molecule has 1 aliphatic rings. The van der Waals surface area contributed by atoms with Gasteiger partial charge in [0.2, 0.25) is 0 Å². The second-order valence-corrected chi connectivity index (χ2v) is 4.60. The Bertz CT molecular complexity index is 368. The van der Waals surface area contributed by atoms with Gasteiger partial charge in [0.05, 0.1) is 10.8 Å². The number of carboxylic acids is 1. The zero-order chi connectivity index (χ0) is 10.8. The molecule has 1 fully saturated rings. The minimum absolute atomic E-state index is 0.0284. The molecule has 5 heteroatoms. The van der Waals surface area contributed by atoms with Crippen LogP contribution in [0.2, 0.25) is 0 Å². The van der Waals surface area contributed by atoms with Gasteiger partial charge in [0.15, 0.2) is 0 Å². The lowest BCUT2D eigenvalue weighted by Crippen LogP contribution is -2.46. The Balaban J connectivity index is 1.81. The Morgan fingerprint density at radius 3 is 2.73 bits per heavy atom. The number of carbonyl (C=O) groups excluding carboxylic acids is 1. The fraction of sp³-hybridized carbons (Fsp3) is 0.400. The lowest BCUT2D eigenvalue weighted by molar-refractivity contribution is -0.145. The normalized spacial score (nSPS) is 24.3. The van der Waals surface area contributed by atoms with E-state index in [1.807, 2.05) is 11.4 Å². The number of rotatable bonds is 3. The van der Waals surface area contributed by atoms with Gasteiger partial charge >= 0.3 is 5.97 Å². The van der Waals surface area contributed by atoms with Gasteiger partial charge in [0.25, 0.3) is 5.91 Å². The van der Waals surface area contributed by atoms with E-state index in [0.717, 1.165) is 0 Å². The summed E-state index contributed by atoms with van der Waals surface area (Å²) in [7, 11) is 0. The first kappa shape index (κ1) is 10.2. The van der Waals surface area contributed by atoms with E-state index in [9.17, 15) is 9.59 Å². The van der Waals surface area contributed by atoms with Crippen molar-refractivity contribution in [1.29, 1.82) is 0 Å². The standard InChI is InChI=1S/C10H11NO3S/c12-9(8-2-1-3-15-8)11-7-4-6(5-7)10(13)14/h1-3,6-7H,4-5H2,(H,11,12)(H,13,14). The Morgan fingerprint density at radius 1 is 1.47 bits per heavy atom.